The van der Waals surface area contributed by atoms with Gasteiger partial charge < -0.3 is 14.5 Å². The van der Waals surface area contributed by atoms with Crippen molar-refractivity contribution in [2.75, 3.05) is 13.7 Å². The van der Waals surface area contributed by atoms with Gasteiger partial charge in [-0.15, -0.1) is 0 Å². The van der Waals surface area contributed by atoms with Gasteiger partial charge in [0.05, 0.1) is 6.54 Å². The van der Waals surface area contributed by atoms with E-state index in [0.29, 0.717) is 18.9 Å². The molecule has 0 amide bonds. The Morgan fingerprint density at radius 2 is 2.24 bits per heavy atom. The van der Waals surface area contributed by atoms with Gasteiger partial charge in [0, 0.05) is 19.8 Å². The first-order valence-electron chi connectivity index (χ1n) is 5.27. The number of furan rings is 1. The van der Waals surface area contributed by atoms with E-state index in [0.717, 1.165) is 6.42 Å². The van der Waals surface area contributed by atoms with E-state index < -0.39 is 10.0 Å². The lowest BCUT2D eigenvalue weighted by Crippen LogP contribution is -2.26. The third-order valence-electron chi connectivity index (χ3n) is 2.30. The number of nitrogens with two attached hydrogens (primary N) is 1. The van der Waals surface area contributed by atoms with E-state index in [1.807, 2.05) is 6.92 Å². The predicted octanol–water partition coefficient (Wildman–Crippen LogP) is 0.442. The van der Waals surface area contributed by atoms with Crippen molar-refractivity contribution < 1.29 is 17.6 Å². The smallest absolute Gasteiger partial charge is 0.271 e. The van der Waals surface area contributed by atoms with Crippen LogP contribution in [0, 0.1) is 0 Å². The molecule has 7 heteroatoms. The lowest BCUT2D eigenvalue weighted by atomic mass is 10.2. The average Bonchev–Trinajstić information content (AvgIpc) is 2.71. The van der Waals surface area contributed by atoms with E-state index in [9.17, 15) is 8.42 Å². The molecule has 0 aliphatic heterocycles. The van der Waals surface area contributed by atoms with E-state index in [1.165, 1.54) is 6.07 Å². The molecule has 6 nitrogen and oxygen atoms in total. The quantitative estimate of drug-likeness (QED) is 0.743. The lowest BCUT2D eigenvalue weighted by molar-refractivity contribution is 0.184. The van der Waals surface area contributed by atoms with Crippen LogP contribution in [-0.4, -0.2) is 28.2 Å². The maximum Gasteiger partial charge on any atom is 0.271 e. The van der Waals surface area contributed by atoms with Crippen molar-refractivity contribution in [1.82, 2.24) is 5.32 Å². The summed E-state index contributed by atoms with van der Waals surface area (Å²) in [5.41, 5.74) is 0. The molecule has 1 rings (SSSR count). The lowest BCUT2D eigenvalue weighted by Gasteiger charge is -2.11. The molecule has 0 fully saturated rings. The fourth-order valence-corrected chi connectivity index (χ4v) is 1.76. The largest absolute Gasteiger partial charge is 0.447 e. The minimum absolute atomic E-state index is 0.209. The van der Waals surface area contributed by atoms with Gasteiger partial charge >= 0.3 is 0 Å². The normalized spacial score (nSPS) is 13.8. The summed E-state index contributed by atoms with van der Waals surface area (Å²) in [5.74, 6) is 0.540. The van der Waals surface area contributed by atoms with Crippen LogP contribution in [0.5, 0.6) is 0 Å². The van der Waals surface area contributed by atoms with Gasteiger partial charge in [-0.2, -0.15) is 0 Å². The average molecular weight is 262 g/mol. The van der Waals surface area contributed by atoms with Gasteiger partial charge in [-0.05, 0) is 25.5 Å². The Morgan fingerprint density at radius 1 is 1.53 bits per heavy atom. The molecule has 17 heavy (non-hydrogen) atoms. The summed E-state index contributed by atoms with van der Waals surface area (Å²) in [5, 5.41) is 7.91. The number of primary sulfonamides is 1. The summed E-state index contributed by atoms with van der Waals surface area (Å²) in [6.45, 7) is 3.15. The van der Waals surface area contributed by atoms with Crippen LogP contribution in [0.25, 0.3) is 0 Å². The first-order chi connectivity index (χ1) is 7.93. The van der Waals surface area contributed by atoms with Gasteiger partial charge in [0.1, 0.15) is 5.76 Å². The molecule has 0 spiro atoms. The maximum absolute atomic E-state index is 11.0. The second kappa shape index (κ2) is 6.15. The van der Waals surface area contributed by atoms with Gasteiger partial charge in [-0.3, -0.25) is 0 Å². The highest BCUT2D eigenvalue weighted by molar-refractivity contribution is 7.89. The summed E-state index contributed by atoms with van der Waals surface area (Å²) < 4.78 is 32.0. The van der Waals surface area contributed by atoms with Crippen molar-refractivity contribution in [2.45, 2.75) is 31.0 Å². The Hall–Kier alpha value is -0.890. The molecule has 0 saturated carbocycles. The summed E-state index contributed by atoms with van der Waals surface area (Å²) in [7, 11) is -2.10. The fourth-order valence-electron chi connectivity index (χ4n) is 1.28. The minimum Gasteiger partial charge on any atom is -0.447 e. The molecule has 1 heterocycles. The van der Waals surface area contributed by atoms with Gasteiger partial charge in [0.2, 0.25) is 5.09 Å². The highest BCUT2D eigenvalue weighted by Gasteiger charge is 2.13. The molecule has 0 bridgehead atoms. The van der Waals surface area contributed by atoms with Crippen LogP contribution in [-0.2, 0) is 21.3 Å². The highest BCUT2D eigenvalue weighted by atomic mass is 32.2. The topological polar surface area (TPSA) is 94.6 Å². The summed E-state index contributed by atoms with van der Waals surface area (Å²) >= 11 is 0. The first-order valence-corrected chi connectivity index (χ1v) is 6.82. The Balaban J connectivity index is 2.45. The number of sulfonamides is 1. The van der Waals surface area contributed by atoms with E-state index in [4.69, 9.17) is 14.3 Å². The molecule has 1 atom stereocenters. The van der Waals surface area contributed by atoms with Crippen molar-refractivity contribution in [3.8, 4) is 0 Å². The molecule has 98 valence electrons. The SMILES string of the molecule is COCCC(C)NCc1ccc(S(N)(=O)=O)o1. The Labute approximate surface area is 101 Å². The zero-order valence-corrected chi connectivity index (χ0v) is 10.8. The van der Waals surface area contributed by atoms with Crippen molar-refractivity contribution in [1.29, 1.82) is 0 Å². The number of rotatable bonds is 7. The van der Waals surface area contributed by atoms with Crippen LogP contribution in [0.4, 0.5) is 0 Å². The van der Waals surface area contributed by atoms with Crippen LogP contribution in [0.2, 0.25) is 0 Å². The minimum atomic E-state index is -3.75. The van der Waals surface area contributed by atoms with Gasteiger partial charge in [0.15, 0.2) is 0 Å². The first kappa shape index (κ1) is 14.2. The summed E-state index contributed by atoms with van der Waals surface area (Å²) in [6.07, 6.45) is 0.874. The molecular weight excluding hydrogens is 244 g/mol. The second-order valence-corrected chi connectivity index (χ2v) is 5.32. The molecule has 0 aliphatic rings. The molecular formula is C10H18N2O4S. The molecule has 1 aromatic rings. The number of hydrogen-bond donors (Lipinski definition) is 2. The third kappa shape index (κ3) is 4.86. The van der Waals surface area contributed by atoms with Gasteiger partial charge in [-0.1, -0.05) is 0 Å². The summed E-state index contributed by atoms with van der Waals surface area (Å²) in [6, 6.07) is 3.21. The fraction of sp³-hybridized carbons (Fsp3) is 0.600. The van der Waals surface area contributed by atoms with Crippen molar-refractivity contribution in [3.63, 3.8) is 0 Å². The molecule has 3 N–H and O–H groups in total. The van der Waals surface area contributed by atoms with E-state index in [-0.39, 0.29) is 11.1 Å². The number of methoxy groups -OCH3 is 1. The van der Waals surface area contributed by atoms with E-state index in [2.05, 4.69) is 5.32 Å². The van der Waals surface area contributed by atoms with Crippen LogP contribution < -0.4 is 10.5 Å². The number of nitrogens with one attached hydrogen (secondary N) is 1. The van der Waals surface area contributed by atoms with Crippen LogP contribution in [0.15, 0.2) is 21.6 Å². The maximum atomic E-state index is 11.0. The molecule has 0 aromatic carbocycles. The van der Waals surface area contributed by atoms with Crippen molar-refractivity contribution in [3.05, 3.63) is 17.9 Å². The molecule has 1 unspecified atom stereocenters. The Kier molecular flexibility index (Phi) is 5.13. The third-order valence-corrected chi connectivity index (χ3v) is 3.08. The monoisotopic (exact) mass is 262 g/mol. The standard InChI is InChI=1S/C10H18N2O4S/c1-8(5-6-15-2)12-7-9-3-4-10(16-9)17(11,13)14/h3-4,8,12H,5-7H2,1-2H3,(H2,11,13,14). The molecule has 0 saturated heterocycles. The predicted molar refractivity (Wildman–Crippen MR) is 62.9 cm³/mol. The Morgan fingerprint density at radius 3 is 2.76 bits per heavy atom. The van der Waals surface area contributed by atoms with Crippen molar-refractivity contribution >= 4 is 10.0 Å². The van der Waals surface area contributed by atoms with Gasteiger partial charge in [0.25, 0.3) is 10.0 Å². The highest BCUT2D eigenvalue weighted by Crippen LogP contribution is 2.12. The second-order valence-electron chi connectivity index (χ2n) is 3.83. The zero-order chi connectivity index (χ0) is 12.9. The van der Waals surface area contributed by atoms with Crippen LogP contribution in [0.1, 0.15) is 19.1 Å². The number of hydrogen-bond acceptors (Lipinski definition) is 5. The van der Waals surface area contributed by atoms with Crippen LogP contribution in [0.3, 0.4) is 0 Å². The van der Waals surface area contributed by atoms with Gasteiger partial charge in [-0.25, -0.2) is 13.6 Å². The van der Waals surface area contributed by atoms with E-state index >= 15 is 0 Å². The molecule has 0 radical (unpaired) electrons. The van der Waals surface area contributed by atoms with Crippen molar-refractivity contribution in [2.24, 2.45) is 5.14 Å². The zero-order valence-electron chi connectivity index (χ0n) is 9.97. The van der Waals surface area contributed by atoms with E-state index in [1.54, 1.807) is 13.2 Å². The molecule has 0 aliphatic carbocycles. The summed E-state index contributed by atoms with van der Waals surface area (Å²) in [4.78, 5) is 0. The van der Waals surface area contributed by atoms with Crippen LogP contribution >= 0.6 is 0 Å². The number of ether oxygens (including phenoxy) is 1. The molecule has 1 aromatic heterocycles. The Bertz CT molecular complexity index is 441.